The molecule has 0 aliphatic carbocycles. The molecule has 0 spiro atoms. The van der Waals surface area contributed by atoms with E-state index in [1.165, 1.54) is 0 Å². The molecular weight excluding hydrogens is 560 g/mol. The van der Waals surface area contributed by atoms with Gasteiger partial charge in [-0.3, -0.25) is 4.79 Å². The highest BCUT2D eigenvalue weighted by Crippen LogP contribution is 2.31. The molecule has 0 unspecified atom stereocenters. The van der Waals surface area contributed by atoms with Gasteiger partial charge >= 0.3 is 0 Å². The molecule has 0 aromatic heterocycles. The highest BCUT2D eigenvalue weighted by molar-refractivity contribution is 9.11. The van der Waals surface area contributed by atoms with Gasteiger partial charge in [-0.05, 0) is 64.9 Å². The zero-order valence-electron chi connectivity index (χ0n) is 13.8. The van der Waals surface area contributed by atoms with Crippen LogP contribution in [0.25, 0.3) is 0 Å². The Balaban J connectivity index is 2.12. The topological polar surface area (TPSA) is 53.2 Å². The van der Waals surface area contributed by atoms with Crippen molar-refractivity contribution in [3.05, 3.63) is 62.5 Å². The lowest BCUT2D eigenvalue weighted by Crippen LogP contribution is -2.56. The Kier molecular flexibility index (Phi) is 8.21. The number of aryl methyl sites for hydroxylation is 1. The van der Waals surface area contributed by atoms with E-state index in [-0.39, 0.29) is 5.11 Å². The maximum Gasteiger partial charge on any atom is 0.252 e. The summed E-state index contributed by atoms with van der Waals surface area (Å²) in [7, 11) is 0. The van der Waals surface area contributed by atoms with Crippen molar-refractivity contribution >= 4 is 95.6 Å². The summed E-state index contributed by atoms with van der Waals surface area (Å²) in [5, 5.41) is 8.70. The van der Waals surface area contributed by atoms with E-state index < -0.39 is 15.9 Å². The summed E-state index contributed by atoms with van der Waals surface area (Å²) < 4.78 is -0.106. The summed E-state index contributed by atoms with van der Waals surface area (Å²) in [5.41, 5.74) is 2.14. The number of anilines is 1. The van der Waals surface area contributed by atoms with Gasteiger partial charge in [0, 0.05) is 14.5 Å². The summed E-state index contributed by atoms with van der Waals surface area (Å²) in [6.07, 6.45) is -1.05. The summed E-state index contributed by atoms with van der Waals surface area (Å²) in [4.78, 5) is 12.4. The van der Waals surface area contributed by atoms with Crippen LogP contribution in [-0.2, 0) is 0 Å². The summed E-state index contributed by atoms with van der Waals surface area (Å²) in [6, 6.07) is 12.4. The second kappa shape index (κ2) is 9.76. The number of carbonyl (C=O) groups excluding carboxylic acids is 1. The third-order valence-electron chi connectivity index (χ3n) is 3.40. The molecule has 0 saturated carbocycles. The Hall–Kier alpha value is -0.570. The molecule has 10 heteroatoms. The maximum absolute atomic E-state index is 12.4. The van der Waals surface area contributed by atoms with Crippen molar-refractivity contribution in [2.45, 2.75) is 16.9 Å². The zero-order chi connectivity index (χ0) is 20.2. The number of amides is 1. The molecule has 0 fully saturated rings. The zero-order valence-corrected chi connectivity index (χ0v) is 20.1. The van der Waals surface area contributed by atoms with Crippen molar-refractivity contribution in [1.29, 1.82) is 0 Å². The Morgan fingerprint density at radius 1 is 1.11 bits per heavy atom. The van der Waals surface area contributed by atoms with Crippen molar-refractivity contribution in [2.24, 2.45) is 0 Å². The molecule has 2 aromatic carbocycles. The molecule has 4 nitrogen and oxygen atoms in total. The lowest BCUT2D eigenvalue weighted by molar-refractivity contribution is 0.0934. The van der Waals surface area contributed by atoms with Crippen LogP contribution in [0.5, 0.6) is 0 Å². The summed E-state index contributed by atoms with van der Waals surface area (Å²) in [5.74, 6) is -0.400. The molecule has 2 rings (SSSR count). The van der Waals surface area contributed by atoms with Crippen LogP contribution in [0.15, 0.2) is 51.4 Å². The van der Waals surface area contributed by atoms with Crippen LogP contribution >= 0.6 is 78.9 Å². The molecule has 1 atom stereocenters. The molecule has 144 valence electrons. The molecule has 0 bridgehead atoms. The van der Waals surface area contributed by atoms with E-state index in [9.17, 15) is 4.79 Å². The second-order valence-electron chi connectivity index (χ2n) is 5.49. The first-order valence-corrected chi connectivity index (χ1v) is 10.7. The van der Waals surface area contributed by atoms with Crippen LogP contribution in [0.2, 0.25) is 0 Å². The fraction of sp³-hybridized carbons (Fsp3) is 0.176. The van der Waals surface area contributed by atoms with Crippen LogP contribution in [-0.4, -0.2) is 21.0 Å². The Labute approximate surface area is 194 Å². The Morgan fingerprint density at radius 3 is 2.30 bits per heavy atom. The second-order valence-corrected chi connectivity index (χ2v) is 10.0. The standard InChI is InChI=1S/C17H14Br2Cl3N3OS/c1-9-7-11(18)8-12(19)13(9)23-16(27)25-15(17(20,21)22)24-14(26)10-5-3-2-4-6-10/h2-8,15H,1H3,(H,24,26)(H2,23,25,27)/t15-/m0/s1. The van der Waals surface area contributed by atoms with Crippen LogP contribution in [0.3, 0.4) is 0 Å². The van der Waals surface area contributed by atoms with E-state index in [0.717, 1.165) is 20.2 Å². The third kappa shape index (κ3) is 6.76. The number of hydrogen-bond donors (Lipinski definition) is 3. The lowest BCUT2D eigenvalue weighted by Gasteiger charge is -2.28. The average molecular weight is 575 g/mol. The van der Waals surface area contributed by atoms with E-state index in [1.54, 1.807) is 30.3 Å². The number of alkyl halides is 3. The normalized spacial score (nSPS) is 12.2. The van der Waals surface area contributed by atoms with Gasteiger partial charge in [0.15, 0.2) is 5.11 Å². The van der Waals surface area contributed by atoms with Crippen molar-refractivity contribution in [3.63, 3.8) is 0 Å². The number of nitrogens with one attached hydrogen (secondary N) is 3. The monoisotopic (exact) mass is 571 g/mol. The number of halogens is 5. The van der Waals surface area contributed by atoms with Crippen LogP contribution < -0.4 is 16.0 Å². The van der Waals surface area contributed by atoms with Crippen molar-refractivity contribution in [2.75, 3.05) is 5.32 Å². The largest absolute Gasteiger partial charge is 0.339 e. The van der Waals surface area contributed by atoms with Gasteiger partial charge < -0.3 is 16.0 Å². The first kappa shape index (κ1) is 22.7. The molecule has 0 aliphatic heterocycles. The molecule has 27 heavy (non-hydrogen) atoms. The van der Waals surface area contributed by atoms with E-state index in [2.05, 4.69) is 47.8 Å². The number of rotatable bonds is 4. The van der Waals surface area contributed by atoms with E-state index in [1.807, 2.05) is 19.1 Å². The fourth-order valence-corrected chi connectivity index (χ4v) is 4.23. The molecule has 3 N–H and O–H groups in total. The van der Waals surface area contributed by atoms with Crippen molar-refractivity contribution < 1.29 is 4.79 Å². The minimum atomic E-state index is -1.83. The number of thiocarbonyl (C=S) groups is 1. The molecule has 0 radical (unpaired) electrons. The van der Waals surface area contributed by atoms with E-state index in [0.29, 0.717) is 5.56 Å². The van der Waals surface area contributed by atoms with E-state index >= 15 is 0 Å². The first-order chi connectivity index (χ1) is 12.6. The lowest BCUT2D eigenvalue weighted by atomic mass is 10.2. The number of benzene rings is 2. The summed E-state index contributed by atoms with van der Waals surface area (Å²) in [6.45, 7) is 1.92. The van der Waals surface area contributed by atoms with Gasteiger partial charge in [0.2, 0.25) is 3.79 Å². The first-order valence-electron chi connectivity index (χ1n) is 7.53. The predicted octanol–water partition coefficient (Wildman–Crippen LogP) is 5.93. The molecule has 0 aliphatic rings. The Bertz CT molecular complexity index is 824. The smallest absolute Gasteiger partial charge is 0.252 e. The van der Waals surface area contributed by atoms with E-state index in [4.69, 9.17) is 47.0 Å². The maximum atomic E-state index is 12.4. The predicted molar refractivity (Wildman–Crippen MR) is 124 cm³/mol. The van der Waals surface area contributed by atoms with Gasteiger partial charge in [0.1, 0.15) is 6.17 Å². The average Bonchev–Trinajstić information content (AvgIpc) is 2.57. The molecule has 2 aromatic rings. The van der Waals surface area contributed by atoms with Gasteiger partial charge in [-0.2, -0.15) is 0 Å². The van der Waals surface area contributed by atoms with Gasteiger partial charge in [-0.25, -0.2) is 0 Å². The highest BCUT2D eigenvalue weighted by atomic mass is 79.9. The van der Waals surface area contributed by atoms with Crippen LogP contribution in [0, 0.1) is 6.92 Å². The molecule has 0 heterocycles. The molecule has 0 saturated heterocycles. The third-order valence-corrected chi connectivity index (χ3v) is 5.36. The van der Waals surface area contributed by atoms with Crippen LogP contribution in [0.1, 0.15) is 15.9 Å². The number of hydrogen-bond acceptors (Lipinski definition) is 2. The highest BCUT2D eigenvalue weighted by Gasteiger charge is 2.35. The van der Waals surface area contributed by atoms with Gasteiger partial charge in [-0.1, -0.05) is 68.9 Å². The minimum Gasteiger partial charge on any atom is -0.339 e. The van der Waals surface area contributed by atoms with Gasteiger partial charge in [0.25, 0.3) is 5.91 Å². The van der Waals surface area contributed by atoms with Crippen molar-refractivity contribution in [1.82, 2.24) is 10.6 Å². The SMILES string of the molecule is Cc1cc(Br)cc(Br)c1NC(=S)N[C@H](NC(=O)c1ccccc1)C(Cl)(Cl)Cl. The Morgan fingerprint density at radius 2 is 1.74 bits per heavy atom. The van der Waals surface area contributed by atoms with Crippen LogP contribution in [0.4, 0.5) is 5.69 Å². The quantitative estimate of drug-likeness (QED) is 0.241. The molecule has 1 amide bonds. The fourth-order valence-electron chi connectivity index (χ4n) is 2.14. The minimum absolute atomic E-state index is 0.186. The number of carbonyl (C=O) groups is 1. The molecular formula is C17H14Br2Cl3N3OS. The summed E-state index contributed by atoms with van der Waals surface area (Å²) >= 11 is 30.3. The van der Waals surface area contributed by atoms with Gasteiger partial charge in [0.05, 0.1) is 5.69 Å². The van der Waals surface area contributed by atoms with Gasteiger partial charge in [-0.15, -0.1) is 0 Å². The van der Waals surface area contributed by atoms with Crippen molar-refractivity contribution in [3.8, 4) is 0 Å².